The Bertz CT molecular complexity index is 215. The standard InChI is InChI=1S/C12H20O2/c13-7-9-6-12-2-1-11(9,3-4-12)5-10(12)8-14/h9-10,13-14H,1-8H2. The van der Waals surface area contributed by atoms with Gasteiger partial charge >= 0.3 is 0 Å². The maximum absolute atomic E-state index is 9.42. The Balaban J connectivity index is 1.96. The third kappa shape index (κ3) is 0.892. The lowest BCUT2D eigenvalue weighted by molar-refractivity contribution is -0.192. The first-order chi connectivity index (χ1) is 6.75. The van der Waals surface area contributed by atoms with Crippen molar-refractivity contribution in [1.29, 1.82) is 0 Å². The molecule has 6 aliphatic carbocycles. The molecule has 2 atom stereocenters. The molecule has 2 heteroatoms. The summed E-state index contributed by atoms with van der Waals surface area (Å²) in [4.78, 5) is 0. The van der Waals surface area contributed by atoms with Crippen molar-refractivity contribution in [2.45, 2.75) is 38.5 Å². The van der Waals surface area contributed by atoms with Gasteiger partial charge in [0.05, 0.1) is 0 Å². The van der Waals surface area contributed by atoms with Crippen molar-refractivity contribution < 1.29 is 10.2 Å². The van der Waals surface area contributed by atoms with E-state index in [2.05, 4.69) is 0 Å². The number of aliphatic hydroxyl groups is 2. The summed E-state index contributed by atoms with van der Waals surface area (Å²) in [6.07, 6.45) is 7.64. The van der Waals surface area contributed by atoms with Crippen molar-refractivity contribution >= 4 is 0 Å². The Kier molecular flexibility index (Phi) is 1.79. The molecule has 14 heavy (non-hydrogen) atoms. The largest absolute Gasteiger partial charge is 0.396 e. The SMILES string of the molecule is OCC1CC23CCC1(CC2)CC3CO. The van der Waals surface area contributed by atoms with E-state index in [4.69, 9.17) is 0 Å². The molecule has 6 saturated carbocycles. The predicted molar refractivity (Wildman–Crippen MR) is 53.7 cm³/mol. The second kappa shape index (κ2) is 2.73. The number of aliphatic hydroxyl groups excluding tert-OH is 2. The minimum atomic E-state index is 0.375. The molecule has 2 bridgehead atoms. The summed E-state index contributed by atoms with van der Waals surface area (Å²) in [5, 5.41) is 18.8. The van der Waals surface area contributed by atoms with Crippen LogP contribution in [0.3, 0.4) is 0 Å². The predicted octanol–water partition coefficient (Wildman–Crippen LogP) is 1.56. The van der Waals surface area contributed by atoms with Crippen LogP contribution >= 0.6 is 0 Å². The molecule has 0 saturated heterocycles. The highest BCUT2D eigenvalue weighted by Crippen LogP contribution is 2.70. The van der Waals surface area contributed by atoms with Gasteiger partial charge in [0.25, 0.3) is 0 Å². The van der Waals surface area contributed by atoms with E-state index in [-0.39, 0.29) is 0 Å². The summed E-state index contributed by atoms with van der Waals surface area (Å²) < 4.78 is 0. The zero-order valence-electron chi connectivity index (χ0n) is 8.71. The van der Waals surface area contributed by atoms with Crippen LogP contribution in [0.25, 0.3) is 0 Å². The third-order valence-corrected chi connectivity index (χ3v) is 5.72. The van der Waals surface area contributed by atoms with Crippen LogP contribution in [-0.2, 0) is 0 Å². The second-order valence-electron chi connectivity index (χ2n) is 5.89. The first kappa shape index (κ1) is 9.17. The number of hydrogen-bond acceptors (Lipinski definition) is 2. The van der Waals surface area contributed by atoms with Crippen LogP contribution in [-0.4, -0.2) is 23.4 Å². The Labute approximate surface area is 85.3 Å². The van der Waals surface area contributed by atoms with Gasteiger partial charge in [-0.25, -0.2) is 0 Å². The lowest BCUT2D eigenvalue weighted by Crippen LogP contribution is -2.59. The fourth-order valence-electron chi connectivity index (χ4n) is 4.73. The van der Waals surface area contributed by atoms with E-state index in [0.29, 0.717) is 35.9 Å². The molecule has 0 aromatic heterocycles. The summed E-state index contributed by atoms with van der Waals surface area (Å²) in [5.41, 5.74) is 0.838. The van der Waals surface area contributed by atoms with Crippen LogP contribution in [0.5, 0.6) is 0 Å². The van der Waals surface area contributed by atoms with Gasteiger partial charge in [-0.2, -0.15) is 0 Å². The molecule has 0 aliphatic heterocycles. The fraction of sp³-hybridized carbons (Fsp3) is 1.00. The second-order valence-corrected chi connectivity index (χ2v) is 5.89. The van der Waals surface area contributed by atoms with Crippen molar-refractivity contribution in [2.75, 3.05) is 13.2 Å². The molecule has 6 fully saturated rings. The summed E-state index contributed by atoms with van der Waals surface area (Å²) >= 11 is 0. The first-order valence-electron chi connectivity index (χ1n) is 5.96. The van der Waals surface area contributed by atoms with Gasteiger partial charge in [0, 0.05) is 13.2 Å². The highest BCUT2D eigenvalue weighted by Gasteiger charge is 2.62. The molecule has 0 radical (unpaired) electrons. The van der Waals surface area contributed by atoms with E-state index >= 15 is 0 Å². The minimum Gasteiger partial charge on any atom is -0.396 e. The topological polar surface area (TPSA) is 40.5 Å². The summed E-state index contributed by atoms with van der Waals surface area (Å²) in [6.45, 7) is 0.750. The molecule has 6 rings (SSSR count). The summed E-state index contributed by atoms with van der Waals surface area (Å²) in [5.74, 6) is 1.10. The fourth-order valence-corrected chi connectivity index (χ4v) is 4.73. The molecule has 80 valence electrons. The van der Waals surface area contributed by atoms with Crippen molar-refractivity contribution in [1.82, 2.24) is 0 Å². The monoisotopic (exact) mass is 196 g/mol. The van der Waals surface area contributed by atoms with Crippen molar-refractivity contribution in [2.24, 2.45) is 22.7 Å². The van der Waals surface area contributed by atoms with E-state index in [0.717, 1.165) is 0 Å². The Morgan fingerprint density at radius 3 is 1.36 bits per heavy atom. The van der Waals surface area contributed by atoms with Crippen molar-refractivity contribution in [3.05, 3.63) is 0 Å². The highest BCUT2D eigenvalue weighted by atomic mass is 16.3. The maximum atomic E-state index is 9.42. The van der Waals surface area contributed by atoms with Crippen LogP contribution in [0, 0.1) is 22.7 Å². The normalized spacial score (nSPS) is 55.3. The van der Waals surface area contributed by atoms with Gasteiger partial charge in [0.2, 0.25) is 0 Å². The smallest absolute Gasteiger partial charge is 0.0464 e. The van der Waals surface area contributed by atoms with Crippen LogP contribution in [0.15, 0.2) is 0 Å². The van der Waals surface area contributed by atoms with Gasteiger partial charge in [-0.1, -0.05) is 0 Å². The van der Waals surface area contributed by atoms with E-state index < -0.39 is 0 Å². The molecule has 6 aliphatic rings. The molecule has 0 aromatic carbocycles. The molecule has 0 heterocycles. The van der Waals surface area contributed by atoms with E-state index in [9.17, 15) is 10.2 Å². The van der Waals surface area contributed by atoms with Crippen molar-refractivity contribution in [3.8, 4) is 0 Å². The Morgan fingerprint density at radius 1 is 0.786 bits per heavy atom. The van der Waals surface area contributed by atoms with Gasteiger partial charge in [-0.05, 0) is 61.2 Å². The average molecular weight is 196 g/mol. The molecule has 2 unspecified atom stereocenters. The molecular weight excluding hydrogens is 176 g/mol. The van der Waals surface area contributed by atoms with Crippen LogP contribution in [0.2, 0.25) is 0 Å². The highest BCUT2D eigenvalue weighted by molar-refractivity contribution is 5.12. The summed E-state index contributed by atoms with van der Waals surface area (Å²) in [6, 6.07) is 0. The molecule has 0 amide bonds. The maximum Gasteiger partial charge on any atom is 0.0464 e. The Hall–Kier alpha value is -0.0800. The number of hydrogen-bond donors (Lipinski definition) is 2. The van der Waals surface area contributed by atoms with Gasteiger partial charge < -0.3 is 10.2 Å². The van der Waals surface area contributed by atoms with E-state index in [1.54, 1.807) is 0 Å². The van der Waals surface area contributed by atoms with E-state index in [1.165, 1.54) is 38.5 Å². The van der Waals surface area contributed by atoms with Crippen molar-refractivity contribution in [3.63, 3.8) is 0 Å². The summed E-state index contributed by atoms with van der Waals surface area (Å²) in [7, 11) is 0. The van der Waals surface area contributed by atoms with Gasteiger partial charge in [0.1, 0.15) is 0 Å². The van der Waals surface area contributed by atoms with Crippen LogP contribution < -0.4 is 0 Å². The Morgan fingerprint density at radius 2 is 1.14 bits per heavy atom. The molecule has 0 aromatic rings. The van der Waals surface area contributed by atoms with Crippen LogP contribution in [0.4, 0.5) is 0 Å². The van der Waals surface area contributed by atoms with Gasteiger partial charge in [-0.15, -0.1) is 0 Å². The van der Waals surface area contributed by atoms with Gasteiger partial charge in [-0.3, -0.25) is 0 Å². The van der Waals surface area contributed by atoms with Crippen LogP contribution in [0.1, 0.15) is 38.5 Å². The minimum absolute atomic E-state index is 0.375. The molecule has 0 spiro atoms. The zero-order chi connectivity index (χ0) is 9.81. The zero-order valence-corrected chi connectivity index (χ0v) is 8.71. The molecule has 2 N–H and O–H groups in total. The molecular formula is C12H20O2. The molecule has 2 nitrogen and oxygen atoms in total. The van der Waals surface area contributed by atoms with Gasteiger partial charge in [0.15, 0.2) is 0 Å². The third-order valence-electron chi connectivity index (χ3n) is 5.72. The quantitative estimate of drug-likeness (QED) is 0.703. The number of rotatable bonds is 2. The average Bonchev–Trinajstić information content (AvgIpc) is 2.29. The first-order valence-corrected chi connectivity index (χ1v) is 5.96. The van der Waals surface area contributed by atoms with E-state index in [1.807, 2.05) is 0 Å². The lowest BCUT2D eigenvalue weighted by Gasteiger charge is -2.67. The lowest BCUT2D eigenvalue weighted by atomic mass is 9.38.